The molecule has 0 heterocycles. The van der Waals surface area contributed by atoms with Crippen molar-refractivity contribution in [3.05, 3.63) is 0 Å². The lowest BCUT2D eigenvalue weighted by atomic mass is 9.89. The molecular weight excluding hydrogens is 174 g/mol. The molecule has 0 aromatic heterocycles. The Hall–Kier alpha value is -0.0800. The van der Waals surface area contributed by atoms with E-state index in [1.807, 2.05) is 0 Å². The SMILES string of the molecule is CCCN(CCC)CC(O)C(C)(C)C. The summed E-state index contributed by atoms with van der Waals surface area (Å²) >= 11 is 0. The molecule has 1 N–H and O–H groups in total. The van der Waals surface area contributed by atoms with Crippen LogP contribution in [0, 0.1) is 5.41 Å². The molecule has 0 saturated carbocycles. The van der Waals surface area contributed by atoms with Crippen molar-refractivity contribution < 1.29 is 5.11 Å². The summed E-state index contributed by atoms with van der Waals surface area (Å²) in [6.45, 7) is 13.7. The molecule has 0 spiro atoms. The van der Waals surface area contributed by atoms with Gasteiger partial charge in [0.2, 0.25) is 0 Å². The monoisotopic (exact) mass is 201 g/mol. The summed E-state index contributed by atoms with van der Waals surface area (Å²) in [4.78, 5) is 2.36. The van der Waals surface area contributed by atoms with Gasteiger partial charge in [0.25, 0.3) is 0 Å². The fraction of sp³-hybridized carbons (Fsp3) is 1.00. The van der Waals surface area contributed by atoms with Gasteiger partial charge in [0.05, 0.1) is 6.10 Å². The molecule has 0 fully saturated rings. The van der Waals surface area contributed by atoms with Crippen LogP contribution in [0.15, 0.2) is 0 Å². The van der Waals surface area contributed by atoms with Crippen LogP contribution < -0.4 is 0 Å². The zero-order chi connectivity index (χ0) is 11.2. The van der Waals surface area contributed by atoms with Crippen LogP contribution in [-0.4, -0.2) is 35.7 Å². The van der Waals surface area contributed by atoms with Crippen molar-refractivity contribution in [3.8, 4) is 0 Å². The summed E-state index contributed by atoms with van der Waals surface area (Å²) in [6, 6.07) is 0. The third-order valence-corrected chi connectivity index (χ3v) is 2.51. The number of rotatable bonds is 6. The van der Waals surface area contributed by atoms with Gasteiger partial charge in [0.1, 0.15) is 0 Å². The van der Waals surface area contributed by atoms with Crippen molar-refractivity contribution in [1.29, 1.82) is 0 Å². The van der Waals surface area contributed by atoms with Gasteiger partial charge in [-0.05, 0) is 31.3 Å². The van der Waals surface area contributed by atoms with Crippen LogP contribution in [0.3, 0.4) is 0 Å². The van der Waals surface area contributed by atoms with Gasteiger partial charge in [-0.3, -0.25) is 0 Å². The van der Waals surface area contributed by atoms with Gasteiger partial charge >= 0.3 is 0 Å². The van der Waals surface area contributed by atoms with Crippen molar-refractivity contribution >= 4 is 0 Å². The Balaban J connectivity index is 4.01. The summed E-state index contributed by atoms with van der Waals surface area (Å²) in [5, 5.41) is 9.97. The van der Waals surface area contributed by atoms with E-state index >= 15 is 0 Å². The predicted molar refractivity (Wildman–Crippen MR) is 62.5 cm³/mol. The maximum absolute atomic E-state index is 9.97. The van der Waals surface area contributed by atoms with Crippen LogP contribution in [0.4, 0.5) is 0 Å². The Kier molecular flexibility index (Phi) is 6.38. The average Bonchev–Trinajstić information content (AvgIpc) is 2.03. The molecule has 2 heteroatoms. The zero-order valence-electron chi connectivity index (χ0n) is 10.5. The summed E-state index contributed by atoms with van der Waals surface area (Å²) in [5.74, 6) is 0. The smallest absolute Gasteiger partial charge is 0.0715 e. The van der Waals surface area contributed by atoms with Gasteiger partial charge in [0, 0.05) is 6.54 Å². The van der Waals surface area contributed by atoms with Gasteiger partial charge < -0.3 is 10.0 Å². The molecule has 0 rings (SSSR count). The Morgan fingerprint density at radius 3 is 1.79 bits per heavy atom. The molecule has 0 aliphatic heterocycles. The number of aliphatic hydroxyl groups excluding tert-OH is 1. The Morgan fingerprint density at radius 2 is 1.50 bits per heavy atom. The number of hydrogen-bond acceptors (Lipinski definition) is 2. The molecule has 0 aliphatic carbocycles. The second-order valence-corrected chi connectivity index (χ2v) is 5.18. The molecule has 0 amide bonds. The first kappa shape index (κ1) is 13.9. The molecule has 0 bridgehead atoms. The topological polar surface area (TPSA) is 23.5 Å². The maximum atomic E-state index is 9.97. The van der Waals surface area contributed by atoms with Crippen molar-refractivity contribution in [2.45, 2.75) is 53.6 Å². The van der Waals surface area contributed by atoms with E-state index in [9.17, 15) is 5.11 Å². The highest BCUT2D eigenvalue weighted by molar-refractivity contribution is 4.76. The first-order valence-electron chi connectivity index (χ1n) is 5.82. The van der Waals surface area contributed by atoms with E-state index < -0.39 is 0 Å². The highest BCUT2D eigenvalue weighted by Gasteiger charge is 2.23. The molecule has 2 nitrogen and oxygen atoms in total. The third-order valence-electron chi connectivity index (χ3n) is 2.51. The molecule has 86 valence electrons. The van der Waals surface area contributed by atoms with E-state index in [1.54, 1.807) is 0 Å². The third kappa shape index (κ3) is 5.61. The van der Waals surface area contributed by atoms with Crippen molar-refractivity contribution in [1.82, 2.24) is 4.90 Å². The fourth-order valence-electron chi connectivity index (χ4n) is 1.45. The largest absolute Gasteiger partial charge is 0.391 e. The van der Waals surface area contributed by atoms with Crippen LogP contribution >= 0.6 is 0 Å². The molecule has 14 heavy (non-hydrogen) atoms. The number of hydrogen-bond donors (Lipinski definition) is 1. The second kappa shape index (κ2) is 6.41. The average molecular weight is 201 g/mol. The van der Waals surface area contributed by atoms with Gasteiger partial charge in [-0.1, -0.05) is 34.6 Å². The van der Waals surface area contributed by atoms with Crippen molar-refractivity contribution in [2.75, 3.05) is 19.6 Å². The fourth-order valence-corrected chi connectivity index (χ4v) is 1.45. The lowest BCUT2D eigenvalue weighted by Crippen LogP contribution is -2.40. The van der Waals surface area contributed by atoms with Crippen molar-refractivity contribution in [3.63, 3.8) is 0 Å². The zero-order valence-corrected chi connectivity index (χ0v) is 10.5. The van der Waals surface area contributed by atoms with E-state index in [0.717, 1.165) is 32.5 Å². The van der Waals surface area contributed by atoms with Crippen LogP contribution in [0.25, 0.3) is 0 Å². The highest BCUT2D eigenvalue weighted by Crippen LogP contribution is 2.19. The summed E-state index contributed by atoms with van der Waals surface area (Å²) < 4.78 is 0. The van der Waals surface area contributed by atoms with Crippen LogP contribution in [0.2, 0.25) is 0 Å². The Labute approximate surface area is 89.3 Å². The minimum atomic E-state index is -0.222. The minimum Gasteiger partial charge on any atom is -0.391 e. The van der Waals surface area contributed by atoms with Gasteiger partial charge in [-0.15, -0.1) is 0 Å². The summed E-state index contributed by atoms with van der Waals surface area (Å²) in [5.41, 5.74) is -0.000265. The molecule has 0 aromatic rings. The molecule has 1 unspecified atom stereocenters. The Morgan fingerprint density at radius 1 is 1.07 bits per heavy atom. The first-order valence-corrected chi connectivity index (χ1v) is 5.82. The first-order chi connectivity index (χ1) is 6.41. The van der Waals surface area contributed by atoms with Gasteiger partial charge in [-0.25, -0.2) is 0 Å². The number of aliphatic hydroxyl groups is 1. The highest BCUT2D eigenvalue weighted by atomic mass is 16.3. The molecule has 1 atom stereocenters. The van der Waals surface area contributed by atoms with E-state index in [4.69, 9.17) is 0 Å². The summed E-state index contributed by atoms with van der Waals surface area (Å²) in [6.07, 6.45) is 2.11. The molecule has 0 saturated heterocycles. The van der Waals surface area contributed by atoms with E-state index in [0.29, 0.717) is 0 Å². The number of nitrogens with zero attached hydrogens (tertiary/aromatic N) is 1. The predicted octanol–water partition coefficient (Wildman–Crippen LogP) is 2.52. The lowest BCUT2D eigenvalue weighted by molar-refractivity contribution is 0.0283. The van der Waals surface area contributed by atoms with Crippen LogP contribution in [0.1, 0.15) is 47.5 Å². The molecule has 0 radical (unpaired) electrons. The quantitative estimate of drug-likeness (QED) is 0.714. The normalized spacial score (nSPS) is 14.8. The second-order valence-electron chi connectivity index (χ2n) is 5.18. The minimum absolute atomic E-state index is 0.000265. The van der Waals surface area contributed by atoms with Crippen LogP contribution in [-0.2, 0) is 0 Å². The van der Waals surface area contributed by atoms with E-state index in [-0.39, 0.29) is 11.5 Å². The van der Waals surface area contributed by atoms with E-state index in [1.165, 1.54) is 0 Å². The Bertz CT molecular complexity index is 134. The lowest BCUT2D eigenvalue weighted by Gasteiger charge is -2.31. The molecular formula is C12H27NO. The standard InChI is InChI=1S/C12H27NO/c1-6-8-13(9-7-2)10-11(14)12(3,4)5/h11,14H,6-10H2,1-5H3. The molecule has 0 aliphatic rings. The maximum Gasteiger partial charge on any atom is 0.0715 e. The van der Waals surface area contributed by atoms with E-state index in [2.05, 4.69) is 39.5 Å². The van der Waals surface area contributed by atoms with Gasteiger partial charge in [0.15, 0.2) is 0 Å². The molecule has 0 aromatic carbocycles. The van der Waals surface area contributed by atoms with Crippen molar-refractivity contribution in [2.24, 2.45) is 5.41 Å². The summed E-state index contributed by atoms with van der Waals surface area (Å²) in [7, 11) is 0. The van der Waals surface area contributed by atoms with Gasteiger partial charge in [-0.2, -0.15) is 0 Å². The van der Waals surface area contributed by atoms with Crippen LogP contribution in [0.5, 0.6) is 0 Å².